The molecule has 2 amide bonds. The van der Waals surface area contributed by atoms with Crippen LogP contribution in [0.2, 0.25) is 5.02 Å². The minimum Gasteiger partial charge on any atom is -0.497 e. The van der Waals surface area contributed by atoms with Crippen LogP contribution in [0.15, 0.2) is 71.8 Å². The Morgan fingerprint density at radius 2 is 1.79 bits per heavy atom. The second-order valence-electron chi connectivity index (χ2n) is 8.79. The second kappa shape index (κ2) is 12.7. The van der Waals surface area contributed by atoms with Crippen molar-refractivity contribution in [2.75, 3.05) is 41.0 Å². The highest BCUT2D eigenvalue weighted by atomic mass is 35.5. The molecule has 204 valence electrons. The van der Waals surface area contributed by atoms with Crippen LogP contribution in [0.3, 0.4) is 0 Å². The number of carbonyl (C=O) groups is 2. The zero-order valence-corrected chi connectivity index (χ0v) is 22.7. The number of benzene rings is 3. The van der Waals surface area contributed by atoms with Crippen molar-refractivity contribution in [3.63, 3.8) is 0 Å². The van der Waals surface area contributed by atoms with Gasteiger partial charge in [0.05, 0.1) is 43.2 Å². The maximum absolute atomic E-state index is 14.7. The largest absolute Gasteiger partial charge is 0.497 e. The van der Waals surface area contributed by atoms with Crippen molar-refractivity contribution >= 4 is 29.1 Å². The van der Waals surface area contributed by atoms with Gasteiger partial charge in [0.25, 0.3) is 11.8 Å². The summed E-state index contributed by atoms with van der Waals surface area (Å²) in [5.41, 5.74) is 1.60. The first-order valence-corrected chi connectivity index (χ1v) is 12.6. The Balaban J connectivity index is 1.72. The zero-order chi connectivity index (χ0) is 27.9. The Labute approximate surface area is 231 Å². The van der Waals surface area contributed by atoms with Gasteiger partial charge >= 0.3 is 0 Å². The first-order chi connectivity index (χ1) is 18.9. The Morgan fingerprint density at radius 1 is 1.05 bits per heavy atom. The molecule has 10 heteroatoms. The van der Waals surface area contributed by atoms with Crippen molar-refractivity contribution in [3.8, 4) is 11.5 Å². The van der Waals surface area contributed by atoms with Crippen molar-refractivity contribution in [2.24, 2.45) is 5.10 Å². The zero-order valence-electron chi connectivity index (χ0n) is 21.9. The molecule has 1 unspecified atom stereocenters. The maximum Gasteiger partial charge on any atom is 0.262 e. The summed E-state index contributed by atoms with van der Waals surface area (Å²) in [5, 5.41) is 6.13. The van der Waals surface area contributed by atoms with E-state index in [1.165, 1.54) is 30.2 Å². The van der Waals surface area contributed by atoms with E-state index in [-0.39, 0.29) is 36.7 Å². The number of hydrogen-bond donors (Lipinski definition) is 0. The van der Waals surface area contributed by atoms with Crippen molar-refractivity contribution in [1.82, 2.24) is 9.91 Å². The molecule has 4 rings (SSSR count). The molecular formula is C29H29ClFN3O5. The third-order valence-electron chi connectivity index (χ3n) is 6.43. The summed E-state index contributed by atoms with van der Waals surface area (Å²) in [6.07, 6.45) is 0.229. The molecule has 8 nitrogen and oxygen atoms in total. The number of ether oxygens (including phenoxy) is 3. The summed E-state index contributed by atoms with van der Waals surface area (Å²) in [7, 11) is 4.58. The normalized spacial score (nSPS) is 14.6. The van der Waals surface area contributed by atoms with Crippen LogP contribution in [-0.4, -0.2) is 68.5 Å². The van der Waals surface area contributed by atoms with Crippen LogP contribution in [0.5, 0.6) is 11.5 Å². The minimum absolute atomic E-state index is 0.150. The molecule has 0 N–H and O–H groups in total. The van der Waals surface area contributed by atoms with Gasteiger partial charge in [0.1, 0.15) is 23.9 Å². The van der Waals surface area contributed by atoms with Gasteiger partial charge in [-0.05, 0) is 36.4 Å². The quantitative estimate of drug-likeness (QED) is 0.354. The number of rotatable bonds is 10. The second-order valence-corrected chi connectivity index (χ2v) is 9.20. The van der Waals surface area contributed by atoms with Gasteiger partial charge in [0.15, 0.2) is 0 Å². The standard InChI is InChI=1S/C29H29ClFN3O5/c1-37-15-14-33(29(36)20-8-4-6-10-23(20)30)18-28(35)34-26(22-16-19(38-2)12-13-27(22)39-3)17-25(32-34)21-9-5-7-11-24(21)31/h4-13,16,26H,14-15,17-18H2,1-3H3. The summed E-state index contributed by atoms with van der Waals surface area (Å²) in [6, 6.07) is 17.5. The van der Waals surface area contributed by atoms with E-state index in [1.54, 1.807) is 67.8 Å². The van der Waals surface area contributed by atoms with E-state index >= 15 is 0 Å². The van der Waals surface area contributed by atoms with Gasteiger partial charge in [-0.1, -0.05) is 41.9 Å². The average Bonchev–Trinajstić information content (AvgIpc) is 3.40. The highest BCUT2D eigenvalue weighted by molar-refractivity contribution is 6.33. The van der Waals surface area contributed by atoms with Gasteiger partial charge in [-0.2, -0.15) is 5.10 Å². The molecule has 0 bridgehead atoms. The lowest BCUT2D eigenvalue weighted by atomic mass is 9.97. The molecule has 39 heavy (non-hydrogen) atoms. The molecule has 3 aromatic rings. The van der Waals surface area contributed by atoms with Crippen LogP contribution in [0.1, 0.15) is 33.9 Å². The van der Waals surface area contributed by atoms with Crippen LogP contribution in [-0.2, 0) is 9.53 Å². The van der Waals surface area contributed by atoms with Crippen LogP contribution in [0.4, 0.5) is 4.39 Å². The number of halogens is 2. The van der Waals surface area contributed by atoms with E-state index in [1.807, 2.05) is 0 Å². The van der Waals surface area contributed by atoms with Gasteiger partial charge in [-0.15, -0.1) is 0 Å². The lowest BCUT2D eigenvalue weighted by Gasteiger charge is -2.28. The van der Waals surface area contributed by atoms with E-state index in [4.69, 9.17) is 25.8 Å². The van der Waals surface area contributed by atoms with Crippen LogP contribution in [0, 0.1) is 5.82 Å². The molecule has 0 saturated carbocycles. The molecule has 1 aliphatic rings. The Hall–Kier alpha value is -3.95. The fourth-order valence-corrected chi connectivity index (χ4v) is 4.65. The number of nitrogens with zero attached hydrogens (tertiary/aromatic N) is 3. The van der Waals surface area contributed by atoms with Gasteiger partial charge in [-0.25, -0.2) is 9.40 Å². The molecule has 1 heterocycles. The van der Waals surface area contributed by atoms with Gasteiger partial charge < -0.3 is 19.1 Å². The molecular weight excluding hydrogens is 525 g/mol. The Morgan fingerprint density at radius 3 is 2.49 bits per heavy atom. The number of hydrazone groups is 1. The maximum atomic E-state index is 14.7. The van der Waals surface area contributed by atoms with Gasteiger partial charge in [0.2, 0.25) is 0 Å². The van der Waals surface area contributed by atoms with Crippen LogP contribution in [0.25, 0.3) is 0 Å². The number of amides is 2. The lowest BCUT2D eigenvalue weighted by Crippen LogP contribution is -2.43. The molecule has 0 fully saturated rings. The smallest absolute Gasteiger partial charge is 0.262 e. The first kappa shape index (κ1) is 28.1. The van der Waals surface area contributed by atoms with Gasteiger partial charge in [-0.3, -0.25) is 9.59 Å². The highest BCUT2D eigenvalue weighted by Crippen LogP contribution is 2.39. The topological polar surface area (TPSA) is 80.7 Å². The fraction of sp³-hybridized carbons (Fsp3) is 0.276. The van der Waals surface area contributed by atoms with Crippen molar-refractivity contribution in [2.45, 2.75) is 12.5 Å². The van der Waals surface area contributed by atoms with Crippen molar-refractivity contribution in [1.29, 1.82) is 0 Å². The van der Waals surface area contributed by atoms with E-state index in [2.05, 4.69) is 5.10 Å². The molecule has 1 atom stereocenters. The predicted molar refractivity (Wildman–Crippen MR) is 146 cm³/mol. The number of hydrogen-bond acceptors (Lipinski definition) is 6. The monoisotopic (exact) mass is 553 g/mol. The summed E-state index contributed by atoms with van der Waals surface area (Å²) < 4.78 is 30.9. The van der Waals surface area contributed by atoms with Crippen LogP contribution >= 0.6 is 11.6 Å². The molecule has 1 aliphatic heterocycles. The van der Waals surface area contributed by atoms with Crippen molar-refractivity contribution < 1.29 is 28.2 Å². The third-order valence-corrected chi connectivity index (χ3v) is 6.76. The third kappa shape index (κ3) is 6.21. The van der Waals surface area contributed by atoms with E-state index in [0.29, 0.717) is 28.3 Å². The van der Waals surface area contributed by atoms with Crippen molar-refractivity contribution in [3.05, 3.63) is 94.3 Å². The predicted octanol–water partition coefficient (Wildman–Crippen LogP) is 4.96. The molecule has 0 saturated heterocycles. The highest BCUT2D eigenvalue weighted by Gasteiger charge is 2.37. The summed E-state index contributed by atoms with van der Waals surface area (Å²) in [6.45, 7) is 0.0573. The molecule has 0 aliphatic carbocycles. The lowest BCUT2D eigenvalue weighted by molar-refractivity contribution is -0.133. The summed E-state index contributed by atoms with van der Waals surface area (Å²) in [5.74, 6) is -0.246. The summed E-state index contributed by atoms with van der Waals surface area (Å²) in [4.78, 5) is 28.6. The van der Waals surface area contributed by atoms with E-state index < -0.39 is 23.7 Å². The first-order valence-electron chi connectivity index (χ1n) is 12.3. The SMILES string of the molecule is COCCN(CC(=O)N1N=C(c2ccccc2F)CC1c1cc(OC)ccc1OC)C(=O)c1ccccc1Cl. The average molecular weight is 554 g/mol. The molecule has 0 spiro atoms. The molecule has 0 radical (unpaired) electrons. The van der Waals surface area contributed by atoms with E-state index in [9.17, 15) is 14.0 Å². The fourth-order valence-electron chi connectivity index (χ4n) is 4.43. The molecule has 0 aromatic heterocycles. The number of carbonyl (C=O) groups excluding carboxylic acids is 2. The molecule has 3 aromatic carbocycles. The minimum atomic E-state index is -0.628. The van der Waals surface area contributed by atoms with E-state index in [0.717, 1.165) is 0 Å². The Kier molecular flexibility index (Phi) is 9.16. The summed E-state index contributed by atoms with van der Waals surface area (Å²) >= 11 is 6.27. The van der Waals surface area contributed by atoms with Crippen LogP contribution < -0.4 is 9.47 Å². The van der Waals surface area contributed by atoms with Gasteiger partial charge in [0, 0.05) is 31.2 Å². The Bertz CT molecular complexity index is 1380. The number of methoxy groups -OCH3 is 3.